The summed E-state index contributed by atoms with van der Waals surface area (Å²) < 4.78 is 38.9. The van der Waals surface area contributed by atoms with Crippen LogP contribution in [0.15, 0.2) is 23.2 Å². The molecule has 20 heavy (non-hydrogen) atoms. The number of guanidine groups is 1. The molecule has 7 heteroatoms. The highest BCUT2D eigenvalue weighted by molar-refractivity contribution is 6.03. The molecule has 0 radical (unpaired) electrons. The fraction of sp³-hybridized carbons (Fsp3) is 0.231. The number of benzene rings is 1. The summed E-state index contributed by atoms with van der Waals surface area (Å²) in [6.45, 7) is 3.12. The van der Waals surface area contributed by atoms with E-state index in [0.717, 1.165) is 6.07 Å². The Kier molecular flexibility index (Phi) is 4.54. The first-order valence-electron chi connectivity index (χ1n) is 5.65. The van der Waals surface area contributed by atoms with E-state index in [0.29, 0.717) is 5.56 Å². The first-order valence-corrected chi connectivity index (χ1v) is 5.65. The van der Waals surface area contributed by atoms with Crippen molar-refractivity contribution in [2.75, 3.05) is 0 Å². The van der Waals surface area contributed by atoms with Crippen LogP contribution in [0.2, 0.25) is 0 Å². The van der Waals surface area contributed by atoms with Gasteiger partial charge in [-0.15, -0.1) is 0 Å². The number of hydrogen-bond acceptors (Lipinski definition) is 1. The molecular weight excluding hydrogens is 271 g/mol. The number of nitrogens with zero attached hydrogens (tertiary/aromatic N) is 1. The summed E-state index contributed by atoms with van der Waals surface area (Å²) >= 11 is 0. The van der Waals surface area contributed by atoms with Crippen molar-refractivity contribution in [3.05, 3.63) is 40.5 Å². The average molecular weight is 285 g/mol. The van der Waals surface area contributed by atoms with E-state index in [9.17, 15) is 18.0 Å². The molecule has 0 bridgehead atoms. The molecule has 0 heterocycles. The first-order chi connectivity index (χ1) is 9.16. The first kappa shape index (κ1) is 15.7. The summed E-state index contributed by atoms with van der Waals surface area (Å²) in [5.74, 6) is -1.40. The predicted molar refractivity (Wildman–Crippen MR) is 71.0 cm³/mol. The standard InChI is InChI=1S/C13H14F3N3O/c1-3-4-8-5-7(2)9(11(20)19-12(17)18)6-10(8)13(14,15)16/h3-6H,1-2H3,(H4,17,18,19,20)/b4-3-. The van der Waals surface area contributed by atoms with Crippen LogP contribution in [0.25, 0.3) is 6.08 Å². The second-order valence-electron chi connectivity index (χ2n) is 4.09. The molecule has 1 rings (SSSR count). The number of rotatable bonds is 2. The van der Waals surface area contributed by atoms with Gasteiger partial charge in [0.1, 0.15) is 0 Å². The van der Waals surface area contributed by atoms with Crippen LogP contribution < -0.4 is 11.5 Å². The van der Waals surface area contributed by atoms with Crippen LogP contribution in [-0.2, 0) is 6.18 Å². The van der Waals surface area contributed by atoms with Crippen molar-refractivity contribution in [1.29, 1.82) is 0 Å². The van der Waals surface area contributed by atoms with Gasteiger partial charge in [-0.2, -0.15) is 18.2 Å². The fourth-order valence-electron chi connectivity index (χ4n) is 1.70. The highest BCUT2D eigenvalue weighted by Gasteiger charge is 2.34. The molecule has 0 aliphatic rings. The molecular formula is C13H14F3N3O. The van der Waals surface area contributed by atoms with E-state index in [1.54, 1.807) is 6.92 Å². The molecule has 0 aromatic heterocycles. The molecule has 108 valence electrons. The van der Waals surface area contributed by atoms with Gasteiger partial charge in [0.2, 0.25) is 0 Å². The maximum Gasteiger partial charge on any atom is 0.417 e. The average Bonchev–Trinajstić information content (AvgIpc) is 2.26. The van der Waals surface area contributed by atoms with Crippen molar-refractivity contribution < 1.29 is 18.0 Å². The summed E-state index contributed by atoms with van der Waals surface area (Å²) in [5, 5.41) is 0. The molecule has 1 aromatic rings. The Balaban J connectivity index is 3.51. The van der Waals surface area contributed by atoms with E-state index in [-0.39, 0.29) is 11.1 Å². The van der Waals surface area contributed by atoms with E-state index in [1.807, 2.05) is 0 Å². The minimum atomic E-state index is -4.57. The van der Waals surface area contributed by atoms with Crippen molar-refractivity contribution in [3.8, 4) is 0 Å². The van der Waals surface area contributed by atoms with Gasteiger partial charge in [-0.3, -0.25) is 4.79 Å². The number of amides is 1. The molecule has 4 N–H and O–H groups in total. The van der Waals surface area contributed by atoms with Gasteiger partial charge < -0.3 is 11.5 Å². The summed E-state index contributed by atoms with van der Waals surface area (Å²) in [7, 11) is 0. The van der Waals surface area contributed by atoms with Crippen LogP contribution in [-0.4, -0.2) is 11.9 Å². The SMILES string of the molecule is C/C=C\c1cc(C)c(C(=O)N=C(N)N)cc1C(F)(F)F. The lowest BCUT2D eigenvalue weighted by molar-refractivity contribution is -0.137. The van der Waals surface area contributed by atoms with Gasteiger partial charge in [-0.05, 0) is 31.0 Å². The monoisotopic (exact) mass is 285 g/mol. The molecule has 0 aliphatic carbocycles. The lowest BCUT2D eigenvalue weighted by Crippen LogP contribution is -2.24. The lowest BCUT2D eigenvalue weighted by Gasteiger charge is -2.13. The maximum atomic E-state index is 13.0. The minimum Gasteiger partial charge on any atom is -0.370 e. The molecule has 1 aromatic carbocycles. The second kappa shape index (κ2) is 5.77. The molecule has 0 spiro atoms. The van der Waals surface area contributed by atoms with Crippen molar-refractivity contribution in [3.63, 3.8) is 0 Å². The number of allylic oxidation sites excluding steroid dienone is 1. The Bertz CT molecular complexity index is 585. The Labute approximate surface area is 114 Å². The normalized spacial score (nSPS) is 11.7. The Morgan fingerprint density at radius 2 is 1.90 bits per heavy atom. The fourth-order valence-corrected chi connectivity index (χ4v) is 1.70. The van der Waals surface area contributed by atoms with Gasteiger partial charge >= 0.3 is 6.18 Å². The minimum absolute atomic E-state index is 0.0150. The zero-order valence-electron chi connectivity index (χ0n) is 11.0. The van der Waals surface area contributed by atoms with E-state index in [2.05, 4.69) is 4.99 Å². The summed E-state index contributed by atoms with van der Waals surface area (Å²) in [5.41, 5.74) is 9.37. The number of aliphatic imine (C=N–C) groups is 1. The van der Waals surface area contributed by atoms with Crippen molar-refractivity contribution in [2.45, 2.75) is 20.0 Å². The van der Waals surface area contributed by atoms with Crippen LogP contribution >= 0.6 is 0 Å². The van der Waals surface area contributed by atoms with Gasteiger partial charge in [0, 0.05) is 5.56 Å². The number of nitrogens with two attached hydrogens (primary N) is 2. The van der Waals surface area contributed by atoms with E-state index in [1.165, 1.54) is 25.1 Å². The number of hydrogen-bond donors (Lipinski definition) is 2. The van der Waals surface area contributed by atoms with E-state index in [4.69, 9.17) is 11.5 Å². The second-order valence-corrected chi connectivity index (χ2v) is 4.09. The molecule has 0 saturated carbocycles. The van der Waals surface area contributed by atoms with Gasteiger partial charge in [0.15, 0.2) is 5.96 Å². The summed E-state index contributed by atoms with van der Waals surface area (Å²) in [6, 6.07) is 2.04. The highest BCUT2D eigenvalue weighted by atomic mass is 19.4. The summed E-state index contributed by atoms with van der Waals surface area (Å²) in [4.78, 5) is 14.9. The zero-order chi connectivity index (χ0) is 15.5. The largest absolute Gasteiger partial charge is 0.417 e. The third kappa shape index (κ3) is 3.59. The van der Waals surface area contributed by atoms with Crippen molar-refractivity contribution in [1.82, 2.24) is 0 Å². The van der Waals surface area contributed by atoms with Gasteiger partial charge in [0.05, 0.1) is 5.56 Å². The van der Waals surface area contributed by atoms with E-state index < -0.39 is 23.6 Å². The Morgan fingerprint density at radius 1 is 1.30 bits per heavy atom. The van der Waals surface area contributed by atoms with Crippen LogP contribution in [0, 0.1) is 6.92 Å². The number of halogens is 3. The van der Waals surface area contributed by atoms with Gasteiger partial charge in [0.25, 0.3) is 5.91 Å². The van der Waals surface area contributed by atoms with Gasteiger partial charge in [-0.25, -0.2) is 0 Å². The van der Waals surface area contributed by atoms with E-state index >= 15 is 0 Å². The number of alkyl halides is 3. The maximum absolute atomic E-state index is 13.0. The lowest BCUT2D eigenvalue weighted by atomic mass is 9.98. The molecule has 0 atom stereocenters. The smallest absolute Gasteiger partial charge is 0.370 e. The predicted octanol–water partition coefficient (Wildman–Crippen LogP) is 2.46. The quantitative estimate of drug-likeness (QED) is 0.647. The molecule has 0 saturated heterocycles. The Hall–Kier alpha value is -2.31. The molecule has 4 nitrogen and oxygen atoms in total. The van der Waals surface area contributed by atoms with Crippen LogP contribution in [0.3, 0.4) is 0 Å². The molecule has 0 fully saturated rings. The Morgan fingerprint density at radius 3 is 2.35 bits per heavy atom. The summed E-state index contributed by atoms with van der Waals surface area (Å²) in [6.07, 6.45) is -1.76. The molecule has 0 unspecified atom stereocenters. The highest BCUT2D eigenvalue weighted by Crippen LogP contribution is 2.34. The number of carbonyl (C=O) groups excluding carboxylic acids is 1. The molecule has 1 amide bonds. The van der Waals surface area contributed by atoms with Crippen molar-refractivity contribution in [2.24, 2.45) is 16.5 Å². The van der Waals surface area contributed by atoms with Gasteiger partial charge in [-0.1, -0.05) is 18.2 Å². The third-order valence-corrected chi connectivity index (χ3v) is 2.51. The molecule has 0 aliphatic heterocycles. The van der Waals surface area contributed by atoms with Crippen molar-refractivity contribution >= 4 is 17.9 Å². The number of aryl methyl sites for hydroxylation is 1. The van der Waals surface area contributed by atoms with Crippen LogP contribution in [0.5, 0.6) is 0 Å². The third-order valence-electron chi connectivity index (χ3n) is 2.51. The zero-order valence-corrected chi connectivity index (χ0v) is 11.0. The van der Waals surface area contributed by atoms with Crippen LogP contribution in [0.1, 0.15) is 34.0 Å². The topological polar surface area (TPSA) is 81.5 Å². The number of carbonyl (C=O) groups is 1. The van der Waals surface area contributed by atoms with Crippen LogP contribution in [0.4, 0.5) is 13.2 Å².